The van der Waals surface area contributed by atoms with Crippen LogP contribution in [0.1, 0.15) is 5.76 Å². The molecule has 1 amide bonds. The number of furan rings is 1. The van der Waals surface area contributed by atoms with E-state index in [0.717, 1.165) is 11.8 Å². The van der Waals surface area contributed by atoms with Crippen LogP contribution in [0.25, 0.3) is 17.4 Å². The minimum Gasteiger partial charge on any atom is -0.456 e. The molecule has 0 unspecified atom stereocenters. The average molecular weight is 426 g/mol. The summed E-state index contributed by atoms with van der Waals surface area (Å²) < 4.78 is 5.77. The molecule has 2 heterocycles. The van der Waals surface area contributed by atoms with Gasteiger partial charge in [-0.3, -0.25) is 14.9 Å². The van der Waals surface area contributed by atoms with Gasteiger partial charge in [0.2, 0.25) is 0 Å². The molecule has 0 spiro atoms. The van der Waals surface area contributed by atoms with Gasteiger partial charge < -0.3 is 9.73 Å². The van der Waals surface area contributed by atoms with Gasteiger partial charge >= 0.3 is 0 Å². The maximum Gasteiger partial charge on any atom is 0.289 e. The number of nitro groups is 1. The lowest BCUT2D eigenvalue weighted by molar-refractivity contribution is -0.384. The first kappa shape index (κ1) is 19.0. The number of carbonyl (C=O) groups is 1. The molecule has 7 nitrogen and oxygen atoms in total. The summed E-state index contributed by atoms with van der Waals surface area (Å²) in [7, 11) is 0. The Morgan fingerprint density at radius 3 is 2.62 bits per heavy atom. The SMILES string of the molecule is O=C1NC(=Nc2ccc(Cl)cc2)C(=Cc2ccc(-c3ccccc3[N+](=O)[O-])o2)S1. The van der Waals surface area contributed by atoms with Crippen LogP contribution in [0.4, 0.5) is 16.2 Å². The number of para-hydroxylation sites is 1. The molecule has 1 saturated heterocycles. The molecule has 1 aliphatic heterocycles. The zero-order chi connectivity index (χ0) is 20.4. The number of nitrogens with zero attached hydrogens (tertiary/aromatic N) is 2. The second kappa shape index (κ2) is 7.94. The second-order valence-electron chi connectivity index (χ2n) is 5.94. The molecule has 3 aromatic rings. The Morgan fingerprint density at radius 2 is 1.86 bits per heavy atom. The van der Waals surface area contributed by atoms with E-state index in [4.69, 9.17) is 16.0 Å². The van der Waals surface area contributed by atoms with Crippen molar-refractivity contribution in [3.05, 3.63) is 86.5 Å². The number of thioether (sulfide) groups is 1. The summed E-state index contributed by atoms with van der Waals surface area (Å²) in [6.07, 6.45) is 1.66. The van der Waals surface area contributed by atoms with Gasteiger partial charge in [0.05, 0.1) is 21.1 Å². The van der Waals surface area contributed by atoms with Crippen molar-refractivity contribution in [3.63, 3.8) is 0 Å². The van der Waals surface area contributed by atoms with Crippen molar-refractivity contribution in [2.24, 2.45) is 4.99 Å². The molecule has 1 N–H and O–H groups in total. The Morgan fingerprint density at radius 1 is 1.10 bits per heavy atom. The summed E-state index contributed by atoms with van der Waals surface area (Å²) in [5.41, 5.74) is 0.974. The van der Waals surface area contributed by atoms with Crippen LogP contribution >= 0.6 is 23.4 Å². The fraction of sp³-hybridized carbons (Fsp3) is 0. The molecule has 0 atom stereocenters. The molecule has 1 aliphatic rings. The van der Waals surface area contributed by atoms with Crippen LogP contribution in [0.15, 0.2) is 75.0 Å². The molecule has 0 bridgehead atoms. The van der Waals surface area contributed by atoms with Crippen molar-refractivity contribution < 1.29 is 14.1 Å². The van der Waals surface area contributed by atoms with Gasteiger partial charge in [-0.25, -0.2) is 4.99 Å². The lowest BCUT2D eigenvalue weighted by Crippen LogP contribution is -2.18. The second-order valence-corrected chi connectivity index (χ2v) is 7.39. The van der Waals surface area contributed by atoms with Crippen LogP contribution in [0, 0.1) is 10.1 Å². The van der Waals surface area contributed by atoms with Crippen LogP contribution in [0.2, 0.25) is 5.02 Å². The van der Waals surface area contributed by atoms with Gasteiger partial charge in [0, 0.05) is 11.1 Å². The van der Waals surface area contributed by atoms with E-state index < -0.39 is 4.92 Å². The highest BCUT2D eigenvalue weighted by Crippen LogP contribution is 2.33. The van der Waals surface area contributed by atoms with Crippen molar-refractivity contribution in [3.8, 4) is 11.3 Å². The summed E-state index contributed by atoms with van der Waals surface area (Å²) in [6, 6.07) is 16.6. The van der Waals surface area contributed by atoms with Gasteiger partial charge in [-0.05, 0) is 60.3 Å². The van der Waals surface area contributed by atoms with Crippen molar-refractivity contribution in [1.82, 2.24) is 5.32 Å². The van der Waals surface area contributed by atoms with E-state index >= 15 is 0 Å². The first-order chi connectivity index (χ1) is 14.0. The summed E-state index contributed by atoms with van der Waals surface area (Å²) >= 11 is 6.87. The fourth-order valence-corrected chi connectivity index (χ4v) is 3.55. The van der Waals surface area contributed by atoms with Gasteiger partial charge in [0.1, 0.15) is 17.4 Å². The number of hydrogen-bond acceptors (Lipinski definition) is 6. The highest BCUT2D eigenvalue weighted by molar-refractivity contribution is 8.18. The number of carbonyl (C=O) groups excluding carboxylic acids is 1. The van der Waals surface area contributed by atoms with Crippen LogP contribution in [-0.2, 0) is 0 Å². The molecule has 9 heteroatoms. The third-order valence-electron chi connectivity index (χ3n) is 3.99. The maximum atomic E-state index is 11.8. The predicted molar refractivity (Wildman–Crippen MR) is 113 cm³/mol. The van der Waals surface area contributed by atoms with Gasteiger partial charge in [-0.2, -0.15) is 0 Å². The number of halogens is 1. The molecule has 0 aliphatic carbocycles. The van der Waals surface area contributed by atoms with Gasteiger partial charge in [-0.15, -0.1) is 0 Å². The molecule has 0 radical (unpaired) electrons. The van der Waals surface area contributed by atoms with E-state index in [2.05, 4.69) is 10.3 Å². The van der Waals surface area contributed by atoms with Crippen LogP contribution < -0.4 is 5.32 Å². The first-order valence-electron chi connectivity index (χ1n) is 8.38. The van der Waals surface area contributed by atoms with Crippen molar-refractivity contribution in [2.75, 3.05) is 0 Å². The molecule has 2 aromatic carbocycles. The first-order valence-corrected chi connectivity index (χ1v) is 9.58. The molecule has 0 saturated carbocycles. The number of rotatable bonds is 4. The van der Waals surface area contributed by atoms with Crippen molar-refractivity contribution >= 4 is 51.9 Å². The number of aliphatic imine (C=N–C) groups is 1. The smallest absolute Gasteiger partial charge is 0.289 e. The molecule has 144 valence electrons. The van der Waals surface area contributed by atoms with E-state index in [1.807, 2.05) is 0 Å². The Labute approximate surface area is 174 Å². The minimum absolute atomic E-state index is 0.0434. The van der Waals surface area contributed by atoms with Gasteiger partial charge in [0.15, 0.2) is 0 Å². The minimum atomic E-state index is -0.456. The molecule has 4 rings (SSSR count). The van der Waals surface area contributed by atoms with Crippen LogP contribution in [0.3, 0.4) is 0 Å². The molecular formula is C20H12ClN3O4S. The number of hydrogen-bond donors (Lipinski definition) is 1. The van der Waals surface area contributed by atoms with Gasteiger partial charge in [0.25, 0.3) is 10.9 Å². The third-order valence-corrected chi connectivity index (χ3v) is 5.06. The maximum absolute atomic E-state index is 11.8. The Kier molecular flexibility index (Phi) is 5.20. The van der Waals surface area contributed by atoms with Crippen molar-refractivity contribution in [2.45, 2.75) is 0 Å². The van der Waals surface area contributed by atoms with Gasteiger partial charge in [-0.1, -0.05) is 23.7 Å². The van der Waals surface area contributed by atoms with Crippen LogP contribution in [-0.4, -0.2) is 16.0 Å². The zero-order valence-corrected chi connectivity index (χ0v) is 16.2. The molecule has 1 aromatic heterocycles. The highest BCUT2D eigenvalue weighted by Gasteiger charge is 2.24. The summed E-state index contributed by atoms with van der Waals surface area (Å²) in [4.78, 5) is 27.6. The standard InChI is InChI=1S/C20H12ClN3O4S/c21-12-5-7-13(8-6-12)22-19-18(29-20(25)23-19)11-14-9-10-17(28-14)15-3-1-2-4-16(15)24(26)27/h1-11H,(H,22,23,25). The lowest BCUT2D eigenvalue weighted by atomic mass is 10.1. The fourth-order valence-electron chi connectivity index (χ4n) is 2.70. The van der Waals surface area contributed by atoms with Crippen LogP contribution in [0.5, 0.6) is 0 Å². The van der Waals surface area contributed by atoms with Crippen molar-refractivity contribution in [1.29, 1.82) is 0 Å². The van der Waals surface area contributed by atoms with E-state index in [9.17, 15) is 14.9 Å². The molecular weight excluding hydrogens is 414 g/mol. The number of amides is 1. The summed E-state index contributed by atoms with van der Waals surface area (Å²) in [5, 5.41) is 14.3. The zero-order valence-electron chi connectivity index (χ0n) is 14.7. The Balaban J connectivity index is 1.66. The summed E-state index contributed by atoms with van der Waals surface area (Å²) in [6.45, 7) is 0. The third kappa shape index (κ3) is 4.23. The van der Waals surface area contributed by atoms with E-state index in [-0.39, 0.29) is 10.9 Å². The number of nitro benzene ring substituents is 1. The van der Waals surface area contributed by atoms with E-state index in [1.54, 1.807) is 60.7 Å². The average Bonchev–Trinajstić information content (AvgIpc) is 3.30. The number of benzene rings is 2. The Hall–Kier alpha value is -3.36. The lowest BCUT2D eigenvalue weighted by Gasteiger charge is -2.00. The molecule has 1 fully saturated rings. The largest absolute Gasteiger partial charge is 0.456 e. The number of amidine groups is 1. The van der Waals surface area contributed by atoms with E-state index in [0.29, 0.717) is 38.5 Å². The number of nitrogens with one attached hydrogen (secondary N) is 1. The monoisotopic (exact) mass is 425 g/mol. The predicted octanol–water partition coefficient (Wildman–Crippen LogP) is 6.04. The Bertz CT molecular complexity index is 1170. The quantitative estimate of drug-likeness (QED) is 0.406. The highest BCUT2D eigenvalue weighted by atomic mass is 35.5. The summed E-state index contributed by atoms with van der Waals surface area (Å²) in [5.74, 6) is 1.20. The normalized spacial score (nSPS) is 16.4. The topological polar surface area (TPSA) is 97.7 Å². The molecule has 29 heavy (non-hydrogen) atoms. The van der Waals surface area contributed by atoms with E-state index in [1.165, 1.54) is 6.07 Å².